The van der Waals surface area contributed by atoms with Gasteiger partial charge < -0.3 is 14.8 Å². The Morgan fingerprint density at radius 1 is 1.45 bits per heavy atom. The fourth-order valence-corrected chi connectivity index (χ4v) is 2.39. The highest BCUT2D eigenvalue weighted by Gasteiger charge is 2.14. The second-order valence-corrected chi connectivity index (χ2v) is 5.41. The molecule has 1 saturated heterocycles. The van der Waals surface area contributed by atoms with Crippen LogP contribution in [-0.4, -0.2) is 32.5 Å². The molecule has 1 aromatic rings. The first-order valence-electron chi connectivity index (χ1n) is 7.09. The van der Waals surface area contributed by atoms with Crippen molar-refractivity contribution in [2.45, 2.75) is 31.9 Å². The van der Waals surface area contributed by atoms with Crippen molar-refractivity contribution in [1.29, 1.82) is 0 Å². The topological polar surface area (TPSA) is 30.5 Å². The lowest BCUT2D eigenvalue weighted by Gasteiger charge is -2.10. The molecule has 1 aliphatic heterocycles. The zero-order chi connectivity index (χ0) is 14.2. The molecule has 0 amide bonds. The number of nitrogens with one attached hydrogen (secondary N) is 1. The molecule has 2 rings (SSSR count). The summed E-state index contributed by atoms with van der Waals surface area (Å²) in [5.41, 5.74) is 0.595. The van der Waals surface area contributed by atoms with Crippen molar-refractivity contribution in [2.75, 3.05) is 26.4 Å². The molecule has 112 valence electrons. The van der Waals surface area contributed by atoms with Crippen LogP contribution in [0.4, 0.5) is 4.39 Å². The lowest BCUT2D eigenvalue weighted by Crippen LogP contribution is -2.19. The van der Waals surface area contributed by atoms with Gasteiger partial charge in [0.05, 0.1) is 12.7 Å². The maximum absolute atomic E-state index is 13.4. The summed E-state index contributed by atoms with van der Waals surface area (Å²) in [6, 6.07) is 4.60. The fourth-order valence-electron chi connectivity index (χ4n) is 2.19. The van der Waals surface area contributed by atoms with E-state index in [9.17, 15) is 4.39 Å². The van der Waals surface area contributed by atoms with E-state index >= 15 is 0 Å². The highest BCUT2D eigenvalue weighted by Crippen LogP contribution is 2.14. The van der Waals surface area contributed by atoms with E-state index in [1.54, 1.807) is 12.1 Å². The Hall–Kier alpha value is -0.680. The van der Waals surface area contributed by atoms with Crippen molar-refractivity contribution >= 4 is 11.6 Å². The lowest BCUT2D eigenvalue weighted by molar-refractivity contribution is 0.0166. The molecule has 1 unspecified atom stereocenters. The molecule has 3 nitrogen and oxygen atoms in total. The molecule has 1 heterocycles. The molecule has 0 radical (unpaired) electrons. The molecule has 0 aliphatic carbocycles. The van der Waals surface area contributed by atoms with Gasteiger partial charge in [-0.2, -0.15) is 0 Å². The zero-order valence-corrected chi connectivity index (χ0v) is 12.3. The third-order valence-electron chi connectivity index (χ3n) is 3.29. The van der Waals surface area contributed by atoms with Crippen molar-refractivity contribution in [2.24, 2.45) is 0 Å². The van der Waals surface area contributed by atoms with Crippen LogP contribution in [0.2, 0.25) is 5.02 Å². The number of hydrogen-bond acceptors (Lipinski definition) is 3. The van der Waals surface area contributed by atoms with E-state index < -0.39 is 0 Å². The quantitative estimate of drug-likeness (QED) is 0.748. The highest BCUT2D eigenvalue weighted by molar-refractivity contribution is 6.30. The van der Waals surface area contributed by atoms with E-state index in [-0.39, 0.29) is 11.9 Å². The highest BCUT2D eigenvalue weighted by atomic mass is 35.5. The molecule has 1 aliphatic rings. The minimum Gasteiger partial charge on any atom is -0.379 e. The van der Waals surface area contributed by atoms with Crippen LogP contribution in [-0.2, 0) is 16.0 Å². The molecule has 1 fully saturated rings. The van der Waals surface area contributed by atoms with Crippen molar-refractivity contribution in [3.8, 4) is 0 Å². The van der Waals surface area contributed by atoms with Crippen LogP contribution >= 0.6 is 11.6 Å². The molecule has 5 heteroatoms. The summed E-state index contributed by atoms with van der Waals surface area (Å²) in [6.07, 6.45) is 3.42. The van der Waals surface area contributed by atoms with Gasteiger partial charge in [-0.25, -0.2) is 4.39 Å². The standard InChI is InChI=1S/C15H21ClFNO2/c16-13-4-5-15(17)12(9-13)10-18-6-2-7-19-11-14-3-1-8-20-14/h4-5,9,14,18H,1-3,6-8,10-11H2. The Bertz CT molecular complexity index is 411. The van der Waals surface area contributed by atoms with Crippen LogP contribution in [0.3, 0.4) is 0 Å². The van der Waals surface area contributed by atoms with Gasteiger partial charge in [0.2, 0.25) is 0 Å². The molecule has 20 heavy (non-hydrogen) atoms. The second kappa shape index (κ2) is 8.57. The lowest BCUT2D eigenvalue weighted by atomic mass is 10.2. The van der Waals surface area contributed by atoms with Crippen molar-refractivity contribution in [1.82, 2.24) is 5.32 Å². The zero-order valence-electron chi connectivity index (χ0n) is 11.5. The van der Waals surface area contributed by atoms with Crippen molar-refractivity contribution < 1.29 is 13.9 Å². The molecule has 0 bridgehead atoms. The third-order valence-corrected chi connectivity index (χ3v) is 3.53. The number of ether oxygens (including phenoxy) is 2. The molecule has 1 atom stereocenters. The molecule has 0 aromatic heterocycles. The van der Waals surface area contributed by atoms with Crippen LogP contribution in [0.5, 0.6) is 0 Å². The first-order chi connectivity index (χ1) is 9.75. The molecular formula is C15H21ClFNO2. The summed E-state index contributed by atoms with van der Waals surface area (Å²) in [7, 11) is 0. The Labute approximate surface area is 124 Å². The third kappa shape index (κ3) is 5.37. The van der Waals surface area contributed by atoms with E-state index in [2.05, 4.69) is 5.32 Å². The van der Waals surface area contributed by atoms with Crippen LogP contribution < -0.4 is 5.32 Å². The maximum Gasteiger partial charge on any atom is 0.127 e. The summed E-state index contributed by atoms with van der Waals surface area (Å²) in [5, 5.41) is 3.75. The van der Waals surface area contributed by atoms with E-state index in [1.807, 2.05) is 0 Å². The largest absolute Gasteiger partial charge is 0.379 e. The van der Waals surface area contributed by atoms with Gasteiger partial charge in [0.15, 0.2) is 0 Å². The molecule has 1 aromatic carbocycles. The Morgan fingerprint density at radius 2 is 2.35 bits per heavy atom. The summed E-state index contributed by atoms with van der Waals surface area (Å²) in [4.78, 5) is 0. The van der Waals surface area contributed by atoms with Crippen LogP contribution in [0.25, 0.3) is 0 Å². The Kier molecular flexibility index (Phi) is 6.73. The fraction of sp³-hybridized carbons (Fsp3) is 0.600. The van der Waals surface area contributed by atoms with Crippen LogP contribution in [0.1, 0.15) is 24.8 Å². The van der Waals surface area contributed by atoms with Gasteiger partial charge in [-0.15, -0.1) is 0 Å². The van der Waals surface area contributed by atoms with Crippen molar-refractivity contribution in [3.63, 3.8) is 0 Å². The first-order valence-corrected chi connectivity index (χ1v) is 7.47. The van der Waals surface area contributed by atoms with Gasteiger partial charge in [0.1, 0.15) is 5.82 Å². The number of halogens is 2. The van der Waals surface area contributed by atoms with Crippen LogP contribution in [0.15, 0.2) is 18.2 Å². The summed E-state index contributed by atoms with van der Waals surface area (Å²) in [6.45, 7) is 3.52. The van der Waals surface area contributed by atoms with Gasteiger partial charge in [-0.05, 0) is 44.0 Å². The van der Waals surface area contributed by atoms with Gasteiger partial charge in [-0.1, -0.05) is 11.6 Å². The first kappa shape index (κ1) is 15.7. The van der Waals surface area contributed by atoms with E-state index in [4.69, 9.17) is 21.1 Å². The predicted molar refractivity (Wildman–Crippen MR) is 77.5 cm³/mol. The monoisotopic (exact) mass is 301 g/mol. The average molecular weight is 302 g/mol. The normalized spacial score (nSPS) is 18.6. The number of hydrogen-bond donors (Lipinski definition) is 1. The van der Waals surface area contributed by atoms with E-state index in [1.165, 1.54) is 6.07 Å². The summed E-state index contributed by atoms with van der Waals surface area (Å²) >= 11 is 5.83. The number of benzene rings is 1. The van der Waals surface area contributed by atoms with Crippen molar-refractivity contribution in [3.05, 3.63) is 34.6 Å². The molecule has 0 saturated carbocycles. The number of rotatable bonds is 8. The predicted octanol–water partition coefficient (Wildman–Crippen LogP) is 3.15. The summed E-state index contributed by atoms with van der Waals surface area (Å²) < 4.78 is 24.5. The van der Waals surface area contributed by atoms with E-state index in [0.29, 0.717) is 30.3 Å². The van der Waals surface area contributed by atoms with Gasteiger partial charge in [0, 0.05) is 30.3 Å². The second-order valence-electron chi connectivity index (χ2n) is 4.98. The molecular weight excluding hydrogens is 281 g/mol. The smallest absolute Gasteiger partial charge is 0.127 e. The SMILES string of the molecule is Fc1ccc(Cl)cc1CNCCCOCC1CCCO1. The minimum absolute atomic E-state index is 0.225. The van der Waals surface area contributed by atoms with E-state index in [0.717, 1.165) is 32.4 Å². The molecule has 1 N–H and O–H groups in total. The Morgan fingerprint density at radius 3 is 3.15 bits per heavy atom. The van der Waals surface area contributed by atoms with Gasteiger partial charge in [-0.3, -0.25) is 0 Å². The van der Waals surface area contributed by atoms with Crippen LogP contribution in [0, 0.1) is 5.82 Å². The summed E-state index contributed by atoms with van der Waals surface area (Å²) in [5.74, 6) is -0.225. The molecule has 0 spiro atoms. The average Bonchev–Trinajstić information content (AvgIpc) is 2.94. The van der Waals surface area contributed by atoms with Gasteiger partial charge >= 0.3 is 0 Å². The van der Waals surface area contributed by atoms with Gasteiger partial charge in [0.25, 0.3) is 0 Å². The maximum atomic E-state index is 13.4. The minimum atomic E-state index is -0.225. The Balaban J connectivity index is 1.51.